The predicted molar refractivity (Wildman–Crippen MR) is 161 cm³/mol. The van der Waals surface area contributed by atoms with Crippen molar-refractivity contribution >= 4 is 69.1 Å². The molecule has 39 heavy (non-hydrogen) atoms. The molecule has 1 aliphatic rings. The number of hydrogen-bond donors (Lipinski definition) is 0. The number of hydrogen-bond acceptors (Lipinski definition) is 7. The number of carbonyl (C=O) groups excluding carboxylic acids is 3. The van der Waals surface area contributed by atoms with Crippen molar-refractivity contribution in [1.82, 2.24) is 4.90 Å². The van der Waals surface area contributed by atoms with E-state index in [2.05, 4.69) is 0 Å². The van der Waals surface area contributed by atoms with E-state index in [9.17, 15) is 14.4 Å². The zero-order chi connectivity index (χ0) is 28.1. The van der Waals surface area contributed by atoms with Gasteiger partial charge in [0.1, 0.15) is 12.4 Å². The molecule has 0 saturated carbocycles. The Morgan fingerprint density at radius 1 is 1.03 bits per heavy atom. The van der Waals surface area contributed by atoms with Gasteiger partial charge in [-0.3, -0.25) is 14.5 Å². The van der Waals surface area contributed by atoms with Gasteiger partial charge in [0.15, 0.2) is 11.5 Å². The molecule has 0 aliphatic carbocycles. The van der Waals surface area contributed by atoms with E-state index in [1.165, 1.54) is 4.90 Å². The highest BCUT2D eigenvalue weighted by atomic mass is 127. The molecule has 2 amide bonds. The monoisotopic (exact) mass is 677 g/mol. The SMILES string of the molecule is CCOc1cc(/C=C2\SC(=O)N(CCOc3cc(C)ccc3C)C2=O)cc(I)c1OC(=O)c1ccc(Cl)cc1. The first-order valence-electron chi connectivity index (χ1n) is 12.1. The summed E-state index contributed by atoms with van der Waals surface area (Å²) in [6, 6.07) is 15.7. The van der Waals surface area contributed by atoms with Crippen molar-refractivity contribution in [3.8, 4) is 17.2 Å². The molecule has 0 aromatic heterocycles. The molecule has 202 valence electrons. The van der Waals surface area contributed by atoms with Crippen molar-refractivity contribution in [2.24, 2.45) is 0 Å². The van der Waals surface area contributed by atoms with Crippen molar-refractivity contribution in [1.29, 1.82) is 0 Å². The Balaban J connectivity index is 1.49. The number of benzene rings is 3. The van der Waals surface area contributed by atoms with Gasteiger partial charge in [-0.2, -0.15) is 0 Å². The maximum absolute atomic E-state index is 13.0. The molecule has 3 aromatic carbocycles. The summed E-state index contributed by atoms with van der Waals surface area (Å²) in [4.78, 5) is 39.8. The average molecular weight is 678 g/mol. The second-order valence-electron chi connectivity index (χ2n) is 8.61. The van der Waals surface area contributed by atoms with E-state index in [1.807, 2.05) is 61.6 Å². The molecule has 1 aliphatic heterocycles. The second-order valence-corrected chi connectivity index (χ2v) is 11.2. The lowest BCUT2D eigenvalue weighted by Crippen LogP contribution is -2.32. The summed E-state index contributed by atoms with van der Waals surface area (Å²) in [5.74, 6) is 0.404. The number of amides is 2. The number of esters is 1. The molecule has 0 N–H and O–H groups in total. The summed E-state index contributed by atoms with van der Waals surface area (Å²) in [6.45, 7) is 6.39. The Bertz CT molecular complexity index is 1460. The van der Waals surface area contributed by atoms with Crippen molar-refractivity contribution in [2.45, 2.75) is 20.8 Å². The van der Waals surface area contributed by atoms with E-state index in [0.29, 0.717) is 32.1 Å². The molecule has 1 heterocycles. The number of nitrogens with zero attached hydrogens (tertiary/aromatic N) is 1. The van der Waals surface area contributed by atoms with Crippen LogP contribution in [0.25, 0.3) is 6.08 Å². The van der Waals surface area contributed by atoms with Crippen LogP contribution in [0.15, 0.2) is 59.5 Å². The van der Waals surface area contributed by atoms with Crippen LogP contribution < -0.4 is 14.2 Å². The highest BCUT2D eigenvalue weighted by molar-refractivity contribution is 14.1. The summed E-state index contributed by atoms with van der Waals surface area (Å²) in [6.07, 6.45) is 1.63. The van der Waals surface area contributed by atoms with Gasteiger partial charge in [-0.05, 0) is 120 Å². The lowest BCUT2D eigenvalue weighted by molar-refractivity contribution is -0.123. The van der Waals surface area contributed by atoms with E-state index in [1.54, 1.807) is 42.5 Å². The van der Waals surface area contributed by atoms with Gasteiger partial charge in [-0.1, -0.05) is 23.7 Å². The van der Waals surface area contributed by atoms with Gasteiger partial charge in [-0.15, -0.1) is 0 Å². The Kier molecular flexibility index (Phi) is 9.58. The minimum atomic E-state index is -0.553. The Morgan fingerprint density at radius 3 is 2.49 bits per heavy atom. The summed E-state index contributed by atoms with van der Waals surface area (Å²) >= 11 is 8.83. The van der Waals surface area contributed by atoms with Crippen LogP contribution >= 0.6 is 46.0 Å². The maximum atomic E-state index is 13.0. The zero-order valence-electron chi connectivity index (χ0n) is 21.5. The lowest BCUT2D eigenvalue weighted by atomic mass is 10.1. The number of halogens is 2. The van der Waals surface area contributed by atoms with Crippen molar-refractivity contribution in [3.05, 3.63) is 90.3 Å². The van der Waals surface area contributed by atoms with Crippen LogP contribution in [0.3, 0.4) is 0 Å². The van der Waals surface area contributed by atoms with Gasteiger partial charge >= 0.3 is 5.97 Å². The number of aryl methyl sites for hydroxylation is 2. The van der Waals surface area contributed by atoms with Gasteiger partial charge in [-0.25, -0.2) is 4.79 Å². The van der Waals surface area contributed by atoms with Gasteiger partial charge in [0.2, 0.25) is 0 Å². The Labute approximate surface area is 249 Å². The number of rotatable bonds is 9. The normalized spacial score (nSPS) is 14.2. The smallest absolute Gasteiger partial charge is 0.343 e. The molecule has 0 atom stereocenters. The zero-order valence-corrected chi connectivity index (χ0v) is 25.2. The van der Waals surface area contributed by atoms with Crippen LogP contribution in [-0.4, -0.2) is 41.8 Å². The first kappa shape index (κ1) is 29.0. The summed E-state index contributed by atoms with van der Waals surface area (Å²) in [5.41, 5.74) is 3.02. The largest absolute Gasteiger partial charge is 0.491 e. The molecular weight excluding hydrogens is 653 g/mol. The van der Waals surface area contributed by atoms with Crippen LogP contribution in [0, 0.1) is 17.4 Å². The predicted octanol–water partition coefficient (Wildman–Crippen LogP) is 7.29. The van der Waals surface area contributed by atoms with Gasteiger partial charge < -0.3 is 14.2 Å². The van der Waals surface area contributed by atoms with Crippen LogP contribution in [0.4, 0.5) is 4.79 Å². The molecular formula is C29H25ClINO6S. The minimum Gasteiger partial charge on any atom is -0.491 e. The van der Waals surface area contributed by atoms with Crippen LogP contribution in [0.5, 0.6) is 17.2 Å². The quantitative estimate of drug-likeness (QED) is 0.102. The molecule has 1 saturated heterocycles. The summed E-state index contributed by atoms with van der Waals surface area (Å²) in [5, 5.41) is 0.155. The lowest BCUT2D eigenvalue weighted by Gasteiger charge is -2.15. The van der Waals surface area contributed by atoms with E-state index >= 15 is 0 Å². The Hall–Kier alpha value is -3.02. The fraction of sp³-hybridized carbons (Fsp3) is 0.207. The molecule has 3 aromatic rings. The number of ether oxygens (including phenoxy) is 3. The third-order valence-corrected chi connectivity index (χ3v) is 7.65. The van der Waals surface area contributed by atoms with Crippen molar-refractivity contribution in [3.63, 3.8) is 0 Å². The second kappa shape index (κ2) is 12.9. The third kappa shape index (κ3) is 7.14. The molecule has 4 rings (SSSR count). The third-order valence-electron chi connectivity index (χ3n) is 5.69. The molecule has 0 radical (unpaired) electrons. The van der Waals surface area contributed by atoms with Crippen LogP contribution in [0.1, 0.15) is 34.0 Å². The van der Waals surface area contributed by atoms with Crippen LogP contribution in [0.2, 0.25) is 5.02 Å². The summed E-state index contributed by atoms with van der Waals surface area (Å²) < 4.78 is 17.8. The van der Waals surface area contributed by atoms with Gasteiger partial charge in [0.05, 0.1) is 27.2 Å². The number of imide groups is 1. The molecule has 0 unspecified atom stereocenters. The van der Waals surface area contributed by atoms with Crippen molar-refractivity contribution in [2.75, 3.05) is 19.8 Å². The fourth-order valence-corrected chi connectivity index (χ4v) is 5.45. The topological polar surface area (TPSA) is 82.1 Å². The fourth-order valence-electron chi connectivity index (χ4n) is 3.72. The highest BCUT2D eigenvalue weighted by Crippen LogP contribution is 2.38. The molecule has 10 heteroatoms. The van der Waals surface area contributed by atoms with Gasteiger partial charge in [0, 0.05) is 5.02 Å². The summed E-state index contributed by atoms with van der Waals surface area (Å²) in [7, 11) is 0. The molecule has 7 nitrogen and oxygen atoms in total. The van der Waals surface area contributed by atoms with E-state index in [-0.39, 0.29) is 35.0 Å². The van der Waals surface area contributed by atoms with E-state index in [4.69, 9.17) is 25.8 Å². The highest BCUT2D eigenvalue weighted by Gasteiger charge is 2.35. The Morgan fingerprint density at radius 2 is 1.77 bits per heavy atom. The first-order valence-corrected chi connectivity index (χ1v) is 14.3. The average Bonchev–Trinajstić information content (AvgIpc) is 3.15. The standard InChI is InChI=1S/C29H25ClINO6S/c1-4-36-24-15-19(14-22(31)26(24)38-28(34)20-7-9-21(30)10-8-20)16-25-27(33)32(29(35)39-25)11-12-37-23-13-17(2)5-6-18(23)3/h5-10,13-16H,4,11-12H2,1-3H3/b25-16-. The van der Waals surface area contributed by atoms with E-state index < -0.39 is 5.97 Å². The minimum absolute atomic E-state index is 0.136. The van der Waals surface area contributed by atoms with E-state index in [0.717, 1.165) is 28.6 Å². The van der Waals surface area contributed by atoms with Gasteiger partial charge in [0.25, 0.3) is 11.1 Å². The maximum Gasteiger partial charge on any atom is 0.343 e. The van der Waals surface area contributed by atoms with Crippen LogP contribution in [-0.2, 0) is 4.79 Å². The number of thioether (sulfide) groups is 1. The molecule has 0 spiro atoms. The number of carbonyl (C=O) groups is 3. The van der Waals surface area contributed by atoms with Crippen molar-refractivity contribution < 1.29 is 28.6 Å². The molecule has 1 fully saturated rings. The first-order chi connectivity index (χ1) is 18.7. The molecule has 0 bridgehead atoms.